The highest BCUT2D eigenvalue weighted by atomic mass is 16.3. The minimum Gasteiger partial charge on any atom is -0.507 e. The molecular formula is C23H15NO2. The molecule has 3 heteroatoms. The van der Waals surface area contributed by atoms with Crippen LogP contribution in [0.4, 0.5) is 5.69 Å². The molecule has 0 aromatic heterocycles. The molecule has 0 spiro atoms. The molecule has 0 aliphatic carbocycles. The summed E-state index contributed by atoms with van der Waals surface area (Å²) < 4.78 is 0. The molecule has 0 heterocycles. The van der Waals surface area contributed by atoms with E-state index < -0.39 is 0 Å². The number of hydrogen-bond donors (Lipinski definition) is 2. The quantitative estimate of drug-likeness (QED) is 0.318. The molecule has 0 saturated heterocycles. The van der Waals surface area contributed by atoms with Gasteiger partial charge in [-0.1, -0.05) is 48.5 Å². The molecule has 5 aromatic carbocycles. The fourth-order valence-electron chi connectivity index (χ4n) is 3.63. The lowest BCUT2D eigenvalue weighted by atomic mass is 9.92. The molecule has 0 saturated carbocycles. The fourth-order valence-corrected chi connectivity index (χ4v) is 3.63. The van der Waals surface area contributed by atoms with Gasteiger partial charge in [-0.05, 0) is 45.8 Å². The molecule has 124 valence electrons. The zero-order chi connectivity index (χ0) is 17.7. The van der Waals surface area contributed by atoms with Crippen molar-refractivity contribution in [3.05, 3.63) is 78.4 Å². The van der Waals surface area contributed by atoms with E-state index in [-0.39, 0.29) is 11.5 Å². The van der Waals surface area contributed by atoms with Gasteiger partial charge < -0.3 is 10.2 Å². The number of aromatic hydroxyl groups is 2. The summed E-state index contributed by atoms with van der Waals surface area (Å²) >= 11 is 0. The number of aliphatic imine (C=N–C) groups is 1. The maximum Gasteiger partial charge on any atom is 0.141 e. The maximum absolute atomic E-state index is 10.8. The summed E-state index contributed by atoms with van der Waals surface area (Å²) in [6.45, 7) is 0. The lowest BCUT2D eigenvalue weighted by molar-refractivity contribution is 0.476. The van der Waals surface area contributed by atoms with E-state index >= 15 is 0 Å². The molecule has 0 radical (unpaired) electrons. The van der Waals surface area contributed by atoms with Gasteiger partial charge in [0.1, 0.15) is 17.2 Å². The van der Waals surface area contributed by atoms with Crippen molar-refractivity contribution in [1.82, 2.24) is 0 Å². The number of benzene rings is 5. The molecule has 2 N–H and O–H groups in total. The van der Waals surface area contributed by atoms with E-state index in [4.69, 9.17) is 0 Å². The van der Waals surface area contributed by atoms with Gasteiger partial charge in [-0.3, -0.25) is 4.99 Å². The Morgan fingerprint density at radius 3 is 2.23 bits per heavy atom. The zero-order valence-electron chi connectivity index (χ0n) is 13.8. The molecular weight excluding hydrogens is 322 g/mol. The SMILES string of the molecule is Oc1ccccc1N=Cc1cc2ccc3cccc4ccc(c1O)c2c34. The predicted molar refractivity (Wildman–Crippen MR) is 107 cm³/mol. The summed E-state index contributed by atoms with van der Waals surface area (Å²) in [5.74, 6) is 0.316. The monoisotopic (exact) mass is 337 g/mol. The molecule has 0 aliphatic heterocycles. The molecule has 0 atom stereocenters. The van der Waals surface area contributed by atoms with Crippen molar-refractivity contribution in [1.29, 1.82) is 0 Å². The Morgan fingerprint density at radius 2 is 1.42 bits per heavy atom. The van der Waals surface area contributed by atoms with Crippen molar-refractivity contribution in [3.8, 4) is 11.5 Å². The average Bonchev–Trinajstić information content (AvgIpc) is 2.67. The van der Waals surface area contributed by atoms with Gasteiger partial charge in [0.25, 0.3) is 0 Å². The van der Waals surface area contributed by atoms with E-state index in [0.29, 0.717) is 11.3 Å². The number of phenolic OH excluding ortho intramolecular Hbond substituents is 2. The third-order valence-electron chi connectivity index (χ3n) is 4.87. The highest BCUT2D eigenvalue weighted by Crippen LogP contribution is 2.39. The number of rotatable bonds is 2. The molecule has 0 unspecified atom stereocenters. The zero-order valence-corrected chi connectivity index (χ0v) is 13.8. The second-order valence-electron chi connectivity index (χ2n) is 6.42. The molecule has 0 aliphatic rings. The summed E-state index contributed by atoms with van der Waals surface area (Å²) in [6, 6.07) is 23.2. The van der Waals surface area contributed by atoms with Gasteiger partial charge in [0.05, 0.1) is 0 Å². The van der Waals surface area contributed by atoms with Crippen molar-refractivity contribution in [2.75, 3.05) is 0 Å². The standard InChI is InChI=1S/C23H15NO2/c25-20-7-2-1-6-19(20)24-13-17-12-16-9-8-14-4-3-5-15-10-11-18(23(17)26)22(16)21(14)15/h1-13,25-26H. The van der Waals surface area contributed by atoms with Gasteiger partial charge in [-0.15, -0.1) is 0 Å². The molecule has 0 amide bonds. The van der Waals surface area contributed by atoms with E-state index in [1.165, 1.54) is 5.39 Å². The first-order chi connectivity index (χ1) is 12.7. The van der Waals surface area contributed by atoms with Crippen LogP contribution in [0.25, 0.3) is 32.3 Å². The van der Waals surface area contributed by atoms with Gasteiger partial charge in [0.2, 0.25) is 0 Å². The smallest absolute Gasteiger partial charge is 0.141 e. The van der Waals surface area contributed by atoms with Crippen molar-refractivity contribution in [3.63, 3.8) is 0 Å². The van der Waals surface area contributed by atoms with Gasteiger partial charge in [-0.25, -0.2) is 0 Å². The Balaban J connectivity index is 1.77. The first-order valence-electron chi connectivity index (χ1n) is 8.44. The third-order valence-corrected chi connectivity index (χ3v) is 4.87. The summed E-state index contributed by atoms with van der Waals surface area (Å²) in [7, 11) is 0. The third kappa shape index (κ3) is 2.11. The molecule has 0 fully saturated rings. The Morgan fingerprint density at radius 1 is 0.692 bits per heavy atom. The van der Waals surface area contributed by atoms with E-state index in [1.807, 2.05) is 30.3 Å². The van der Waals surface area contributed by atoms with E-state index in [0.717, 1.165) is 26.9 Å². The first-order valence-corrected chi connectivity index (χ1v) is 8.44. The fraction of sp³-hybridized carbons (Fsp3) is 0. The lowest BCUT2D eigenvalue weighted by Crippen LogP contribution is -1.89. The largest absolute Gasteiger partial charge is 0.507 e. The minimum absolute atomic E-state index is 0.112. The number of phenols is 2. The van der Waals surface area contributed by atoms with Crippen LogP contribution in [0.1, 0.15) is 5.56 Å². The second-order valence-corrected chi connectivity index (χ2v) is 6.42. The van der Waals surface area contributed by atoms with Crippen molar-refractivity contribution >= 4 is 44.2 Å². The van der Waals surface area contributed by atoms with Crippen LogP contribution >= 0.6 is 0 Å². The van der Waals surface area contributed by atoms with Crippen molar-refractivity contribution in [2.45, 2.75) is 0 Å². The molecule has 3 nitrogen and oxygen atoms in total. The minimum atomic E-state index is 0.112. The highest BCUT2D eigenvalue weighted by Gasteiger charge is 2.13. The molecule has 5 aromatic rings. The highest BCUT2D eigenvalue weighted by molar-refractivity contribution is 6.25. The lowest BCUT2D eigenvalue weighted by Gasteiger charge is -2.13. The predicted octanol–water partition coefficient (Wildman–Crippen LogP) is 5.75. The summed E-state index contributed by atoms with van der Waals surface area (Å²) in [5.41, 5.74) is 1.09. The van der Waals surface area contributed by atoms with Gasteiger partial charge in [0, 0.05) is 22.6 Å². The van der Waals surface area contributed by atoms with Gasteiger partial charge in [0.15, 0.2) is 0 Å². The van der Waals surface area contributed by atoms with E-state index in [1.54, 1.807) is 24.4 Å². The Kier molecular flexibility index (Phi) is 3.09. The van der Waals surface area contributed by atoms with Crippen LogP contribution in [0, 0.1) is 0 Å². The molecule has 26 heavy (non-hydrogen) atoms. The normalized spacial score (nSPS) is 12.0. The first kappa shape index (κ1) is 14.7. The van der Waals surface area contributed by atoms with Crippen molar-refractivity contribution < 1.29 is 10.2 Å². The Labute approximate surface area is 149 Å². The van der Waals surface area contributed by atoms with Crippen LogP contribution in [0.2, 0.25) is 0 Å². The topological polar surface area (TPSA) is 52.8 Å². The van der Waals surface area contributed by atoms with E-state index in [9.17, 15) is 10.2 Å². The summed E-state index contributed by atoms with van der Waals surface area (Å²) in [6.07, 6.45) is 1.60. The summed E-state index contributed by atoms with van der Waals surface area (Å²) in [5, 5.41) is 27.1. The number of para-hydroxylation sites is 2. The Hall–Kier alpha value is -3.59. The second kappa shape index (κ2) is 5.46. The van der Waals surface area contributed by atoms with Crippen LogP contribution in [0.15, 0.2) is 77.8 Å². The number of nitrogens with zero attached hydrogens (tertiary/aromatic N) is 1. The Bertz CT molecular complexity index is 1290. The van der Waals surface area contributed by atoms with Gasteiger partial charge >= 0.3 is 0 Å². The van der Waals surface area contributed by atoms with Crippen LogP contribution < -0.4 is 0 Å². The average molecular weight is 337 g/mol. The van der Waals surface area contributed by atoms with Crippen LogP contribution in [-0.2, 0) is 0 Å². The maximum atomic E-state index is 10.8. The van der Waals surface area contributed by atoms with E-state index in [2.05, 4.69) is 29.3 Å². The summed E-state index contributed by atoms with van der Waals surface area (Å²) in [4.78, 5) is 4.34. The van der Waals surface area contributed by atoms with Crippen molar-refractivity contribution in [2.24, 2.45) is 4.99 Å². The van der Waals surface area contributed by atoms with Crippen LogP contribution in [0.3, 0.4) is 0 Å². The van der Waals surface area contributed by atoms with Gasteiger partial charge in [-0.2, -0.15) is 0 Å². The van der Waals surface area contributed by atoms with Crippen LogP contribution in [0.5, 0.6) is 11.5 Å². The van der Waals surface area contributed by atoms with Crippen LogP contribution in [-0.4, -0.2) is 16.4 Å². The molecule has 5 rings (SSSR count). The molecule has 0 bridgehead atoms. The number of hydrogen-bond acceptors (Lipinski definition) is 3.